The van der Waals surface area contributed by atoms with E-state index in [1.165, 1.54) is 5.56 Å². The van der Waals surface area contributed by atoms with Gasteiger partial charge in [-0.15, -0.1) is 0 Å². The fourth-order valence-corrected chi connectivity index (χ4v) is 5.24. The van der Waals surface area contributed by atoms with Gasteiger partial charge in [-0.3, -0.25) is 0 Å². The van der Waals surface area contributed by atoms with Crippen LogP contribution in [0.1, 0.15) is 16.7 Å². The van der Waals surface area contributed by atoms with Gasteiger partial charge >= 0.3 is 0 Å². The summed E-state index contributed by atoms with van der Waals surface area (Å²) in [6, 6.07) is 43.5. The van der Waals surface area contributed by atoms with Crippen molar-refractivity contribution < 1.29 is 5.11 Å². The van der Waals surface area contributed by atoms with Crippen LogP contribution in [0, 0.1) is 0 Å². The van der Waals surface area contributed by atoms with E-state index in [1.807, 2.05) is 60.7 Å². The normalized spacial score (nSPS) is 13.2. The minimum absolute atomic E-state index is 0.875. The minimum Gasteiger partial charge on any atom is -0.376 e. The van der Waals surface area contributed by atoms with Crippen molar-refractivity contribution in [2.24, 2.45) is 0 Å². The van der Waals surface area contributed by atoms with Gasteiger partial charge in [-0.1, -0.05) is 109 Å². The molecule has 0 heterocycles. The highest BCUT2D eigenvalue weighted by atomic mass is 16.3. The maximum absolute atomic E-state index is 12.4. The molecule has 5 aromatic carbocycles. The highest BCUT2D eigenvalue weighted by Gasteiger charge is 2.44. The Bertz CT molecular complexity index is 1440. The van der Waals surface area contributed by atoms with E-state index in [2.05, 4.69) is 78.7 Å². The number of fused-ring (bicyclic) bond motifs is 3. The number of hydrogen-bond donors (Lipinski definition) is 1. The predicted octanol–water partition coefficient (Wildman–Crippen LogP) is 7.39. The Morgan fingerprint density at radius 3 is 1.74 bits per heavy atom. The van der Waals surface area contributed by atoms with E-state index in [4.69, 9.17) is 0 Å². The van der Waals surface area contributed by atoms with Crippen LogP contribution in [0.3, 0.4) is 0 Å². The maximum atomic E-state index is 12.4. The Morgan fingerprint density at radius 2 is 1.06 bits per heavy atom. The van der Waals surface area contributed by atoms with Gasteiger partial charge in [-0.2, -0.15) is 0 Å². The van der Waals surface area contributed by atoms with Crippen molar-refractivity contribution in [2.75, 3.05) is 11.9 Å². The molecular weight excluding hydrogens is 414 g/mol. The Morgan fingerprint density at radius 1 is 0.529 bits per heavy atom. The third-order valence-electron chi connectivity index (χ3n) is 6.92. The van der Waals surface area contributed by atoms with Crippen LogP contribution in [-0.2, 0) is 5.60 Å². The van der Waals surface area contributed by atoms with Gasteiger partial charge in [-0.25, -0.2) is 0 Å². The summed E-state index contributed by atoms with van der Waals surface area (Å²) in [5.41, 5.74) is 8.06. The summed E-state index contributed by atoms with van der Waals surface area (Å²) in [5, 5.41) is 12.4. The molecule has 2 heteroatoms. The lowest BCUT2D eigenvalue weighted by Gasteiger charge is -2.32. The van der Waals surface area contributed by atoms with E-state index in [0.29, 0.717) is 0 Å². The zero-order valence-corrected chi connectivity index (χ0v) is 19.0. The number of aliphatic hydroxyl groups is 1. The molecule has 0 bridgehead atoms. The van der Waals surface area contributed by atoms with Gasteiger partial charge in [0, 0.05) is 35.1 Å². The smallest absolute Gasteiger partial charge is 0.143 e. The molecule has 1 aliphatic carbocycles. The van der Waals surface area contributed by atoms with E-state index in [-0.39, 0.29) is 0 Å². The summed E-state index contributed by atoms with van der Waals surface area (Å²) in [6.07, 6.45) is 0. The second kappa shape index (κ2) is 8.02. The largest absolute Gasteiger partial charge is 0.376 e. The first-order valence-electron chi connectivity index (χ1n) is 11.6. The summed E-state index contributed by atoms with van der Waals surface area (Å²) in [5.74, 6) is 0. The average molecular weight is 440 g/mol. The topological polar surface area (TPSA) is 23.5 Å². The molecule has 0 aromatic heterocycles. The highest BCUT2D eigenvalue weighted by molar-refractivity contribution is 5.84. The second-order valence-corrected chi connectivity index (χ2v) is 8.79. The molecule has 1 aliphatic rings. The Hall–Kier alpha value is -4.14. The summed E-state index contributed by atoms with van der Waals surface area (Å²) >= 11 is 0. The molecule has 0 unspecified atom stereocenters. The van der Waals surface area contributed by atoms with Crippen LogP contribution in [-0.4, -0.2) is 12.2 Å². The Labute approximate surface area is 200 Å². The van der Waals surface area contributed by atoms with Crippen molar-refractivity contribution in [3.05, 3.63) is 144 Å². The van der Waals surface area contributed by atoms with Gasteiger partial charge in [0.25, 0.3) is 0 Å². The van der Waals surface area contributed by atoms with Gasteiger partial charge < -0.3 is 10.0 Å². The second-order valence-electron chi connectivity index (χ2n) is 8.79. The number of para-hydroxylation sites is 1. The molecular formula is C32H25NO. The Kier molecular flexibility index (Phi) is 4.83. The van der Waals surface area contributed by atoms with Gasteiger partial charge in [-0.05, 0) is 40.5 Å². The molecule has 6 rings (SSSR count). The van der Waals surface area contributed by atoms with Crippen molar-refractivity contribution in [2.45, 2.75) is 5.60 Å². The fourth-order valence-electron chi connectivity index (χ4n) is 5.24. The standard InChI is InChI=1S/C32H25NO/c1-33(25-15-11-14-24(22-25)23-12-3-2-4-13-23)31-21-10-9-20-30(31)32(34)28-18-7-5-16-26(28)27-17-6-8-19-29(27)32/h2-22,34H,1H3. The summed E-state index contributed by atoms with van der Waals surface area (Å²) in [6.45, 7) is 0. The number of rotatable bonds is 4. The summed E-state index contributed by atoms with van der Waals surface area (Å²) < 4.78 is 0. The molecule has 0 atom stereocenters. The van der Waals surface area contributed by atoms with Crippen LogP contribution < -0.4 is 4.90 Å². The van der Waals surface area contributed by atoms with Crippen LogP contribution in [0.15, 0.2) is 127 Å². The third-order valence-corrected chi connectivity index (χ3v) is 6.92. The van der Waals surface area contributed by atoms with Crippen molar-refractivity contribution in [3.8, 4) is 22.3 Å². The van der Waals surface area contributed by atoms with Crippen LogP contribution in [0.25, 0.3) is 22.3 Å². The zero-order valence-electron chi connectivity index (χ0n) is 19.0. The first kappa shape index (κ1) is 20.5. The molecule has 0 spiro atoms. The van der Waals surface area contributed by atoms with E-state index in [0.717, 1.165) is 44.8 Å². The molecule has 5 aromatic rings. The number of benzene rings is 5. The van der Waals surface area contributed by atoms with Crippen LogP contribution >= 0.6 is 0 Å². The minimum atomic E-state index is -1.23. The number of nitrogens with zero attached hydrogens (tertiary/aromatic N) is 1. The van der Waals surface area contributed by atoms with E-state index < -0.39 is 5.60 Å². The molecule has 0 saturated carbocycles. The number of hydrogen-bond acceptors (Lipinski definition) is 2. The SMILES string of the molecule is CN(c1cccc(-c2ccccc2)c1)c1ccccc1C1(O)c2ccccc2-c2ccccc21. The lowest BCUT2D eigenvalue weighted by atomic mass is 9.83. The van der Waals surface area contributed by atoms with E-state index in [1.54, 1.807) is 0 Å². The van der Waals surface area contributed by atoms with Crippen molar-refractivity contribution in [1.82, 2.24) is 0 Å². The maximum Gasteiger partial charge on any atom is 0.143 e. The van der Waals surface area contributed by atoms with Crippen molar-refractivity contribution >= 4 is 11.4 Å². The highest BCUT2D eigenvalue weighted by Crippen LogP contribution is 2.53. The van der Waals surface area contributed by atoms with Gasteiger partial charge in [0.1, 0.15) is 5.60 Å². The molecule has 0 amide bonds. The lowest BCUT2D eigenvalue weighted by Crippen LogP contribution is -2.28. The zero-order chi connectivity index (χ0) is 23.1. The molecule has 164 valence electrons. The summed E-state index contributed by atoms with van der Waals surface area (Å²) in [4.78, 5) is 2.17. The van der Waals surface area contributed by atoms with Crippen LogP contribution in [0.4, 0.5) is 11.4 Å². The third kappa shape index (κ3) is 3.07. The molecule has 0 radical (unpaired) electrons. The molecule has 34 heavy (non-hydrogen) atoms. The fraction of sp³-hybridized carbons (Fsp3) is 0.0625. The summed E-state index contributed by atoms with van der Waals surface area (Å²) in [7, 11) is 2.07. The molecule has 0 aliphatic heterocycles. The predicted molar refractivity (Wildman–Crippen MR) is 140 cm³/mol. The van der Waals surface area contributed by atoms with Crippen LogP contribution in [0.5, 0.6) is 0 Å². The van der Waals surface area contributed by atoms with Gasteiger partial charge in [0.05, 0.1) is 0 Å². The van der Waals surface area contributed by atoms with Crippen molar-refractivity contribution in [1.29, 1.82) is 0 Å². The van der Waals surface area contributed by atoms with Crippen molar-refractivity contribution in [3.63, 3.8) is 0 Å². The van der Waals surface area contributed by atoms with Gasteiger partial charge in [0.15, 0.2) is 0 Å². The molecule has 0 fully saturated rings. The first-order chi connectivity index (χ1) is 16.7. The quantitative estimate of drug-likeness (QED) is 0.316. The van der Waals surface area contributed by atoms with Crippen LogP contribution in [0.2, 0.25) is 0 Å². The molecule has 1 N–H and O–H groups in total. The van der Waals surface area contributed by atoms with E-state index >= 15 is 0 Å². The Balaban J connectivity index is 1.51. The number of anilines is 2. The van der Waals surface area contributed by atoms with Gasteiger partial charge in [0.2, 0.25) is 0 Å². The lowest BCUT2D eigenvalue weighted by molar-refractivity contribution is 0.131. The first-order valence-corrected chi connectivity index (χ1v) is 11.6. The molecule has 2 nitrogen and oxygen atoms in total. The molecule has 0 saturated heterocycles. The average Bonchev–Trinajstić information content (AvgIpc) is 3.18. The van der Waals surface area contributed by atoms with E-state index in [9.17, 15) is 5.11 Å². The monoisotopic (exact) mass is 439 g/mol.